The van der Waals surface area contributed by atoms with Crippen LogP contribution in [0.15, 0.2) is 0 Å². The smallest absolute Gasteiger partial charge is 0.475 e. The molecule has 1 aliphatic rings. The molecule has 1 fully saturated rings. The highest BCUT2D eigenvalue weighted by molar-refractivity contribution is 5.80. The molecular weight excluding hydrogens is 217 g/mol. The monoisotopic (exact) mass is 228 g/mol. The van der Waals surface area contributed by atoms with E-state index in [1.54, 1.807) is 0 Å². The minimum absolute atomic E-state index is 0.0926. The summed E-state index contributed by atoms with van der Waals surface area (Å²) in [5.74, 6) is -2.55. The number of alkyl halides is 3. The molecule has 1 rings (SSSR count). The zero-order valence-corrected chi connectivity index (χ0v) is 7.67. The molecule has 88 valence electrons. The van der Waals surface area contributed by atoms with Crippen LogP contribution in [0.4, 0.5) is 13.2 Å². The number of carbonyl (C=O) groups excluding carboxylic acids is 1. The molecule has 0 aromatic carbocycles. The first-order valence-electron chi connectivity index (χ1n) is 4.07. The first-order chi connectivity index (χ1) is 6.79. The molecule has 0 aliphatic carbocycles. The quantitative estimate of drug-likeness (QED) is 0.575. The first-order valence-corrected chi connectivity index (χ1v) is 4.07. The van der Waals surface area contributed by atoms with Crippen molar-refractivity contribution in [3.63, 3.8) is 0 Å². The Morgan fingerprint density at radius 1 is 1.60 bits per heavy atom. The summed E-state index contributed by atoms with van der Waals surface area (Å²) in [4.78, 5) is 19.5. The van der Waals surface area contributed by atoms with Crippen molar-refractivity contribution in [2.45, 2.75) is 12.6 Å². The summed E-state index contributed by atoms with van der Waals surface area (Å²) >= 11 is 0. The van der Waals surface area contributed by atoms with Gasteiger partial charge in [0.15, 0.2) is 0 Å². The molecule has 0 radical (unpaired) electrons. The predicted octanol–water partition coefficient (Wildman–Crippen LogP) is -0.286. The number of rotatable bonds is 1. The van der Waals surface area contributed by atoms with E-state index < -0.39 is 12.1 Å². The van der Waals surface area contributed by atoms with Crippen LogP contribution in [0.2, 0.25) is 0 Å². The molecule has 1 saturated heterocycles. The van der Waals surface area contributed by atoms with Gasteiger partial charge in [0, 0.05) is 13.1 Å². The Kier molecular flexibility index (Phi) is 5.06. The lowest BCUT2D eigenvalue weighted by atomic mass is 10.1. The standard InChI is InChI=1S/C5H10N2O.C2HF3O2/c6-3-4-1-2-7-5(4)8;3-2(4,5)1(6)7/h4H,1-3,6H2,(H,7,8);(H,6,7). The molecule has 0 aromatic rings. The molecule has 1 heterocycles. The molecule has 4 N–H and O–H groups in total. The average Bonchev–Trinajstić information content (AvgIpc) is 2.50. The van der Waals surface area contributed by atoms with Crippen LogP contribution in [-0.4, -0.2) is 36.2 Å². The van der Waals surface area contributed by atoms with Crippen LogP contribution < -0.4 is 11.1 Å². The van der Waals surface area contributed by atoms with E-state index in [2.05, 4.69) is 5.32 Å². The molecule has 0 saturated carbocycles. The number of nitrogens with two attached hydrogens (primary N) is 1. The van der Waals surface area contributed by atoms with Gasteiger partial charge in [0.2, 0.25) is 5.91 Å². The number of hydrogen-bond donors (Lipinski definition) is 3. The zero-order valence-electron chi connectivity index (χ0n) is 7.67. The van der Waals surface area contributed by atoms with Gasteiger partial charge in [0.05, 0.1) is 5.92 Å². The molecule has 5 nitrogen and oxygen atoms in total. The van der Waals surface area contributed by atoms with Crippen molar-refractivity contribution in [3.05, 3.63) is 0 Å². The highest BCUT2D eigenvalue weighted by Gasteiger charge is 2.38. The molecular formula is C7H11F3N2O3. The van der Waals surface area contributed by atoms with Crippen LogP contribution in [0.3, 0.4) is 0 Å². The third kappa shape index (κ3) is 5.21. The van der Waals surface area contributed by atoms with E-state index in [0.717, 1.165) is 13.0 Å². The molecule has 8 heteroatoms. The van der Waals surface area contributed by atoms with Crippen molar-refractivity contribution in [3.8, 4) is 0 Å². The third-order valence-corrected chi connectivity index (χ3v) is 1.69. The Hall–Kier alpha value is -1.31. The van der Waals surface area contributed by atoms with Crippen LogP contribution in [-0.2, 0) is 9.59 Å². The molecule has 0 bridgehead atoms. The molecule has 1 amide bonds. The summed E-state index contributed by atoms with van der Waals surface area (Å²) in [7, 11) is 0. The minimum atomic E-state index is -5.08. The van der Waals surface area contributed by atoms with E-state index in [1.165, 1.54) is 0 Å². The van der Waals surface area contributed by atoms with E-state index in [9.17, 15) is 18.0 Å². The Balaban J connectivity index is 0.000000265. The molecule has 1 unspecified atom stereocenters. The highest BCUT2D eigenvalue weighted by atomic mass is 19.4. The van der Waals surface area contributed by atoms with Crippen molar-refractivity contribution in [2.75, 3.05) is 13.1 Å². The largest absolute Gasteiger partial charge is 0.490 e. The van der Waals surface area contributed by atoms with Gasteiger partial charge >= 0.3 is 12.1 Å². The Labute approximate surface area is 83.4 Å². The van der Waals surface area contributed by atoms with Gasteiger partial charge in [-0.25, -0.2) is 4.79 Å². The fourth-order valence-corrected chi connectivity index (χ4v) is 0.870. The topological polar surface area (TPSA) is 92.4 Å². The lowest BCUT2D eigenvalue weighted by Crippen LogP contribution is -2.24. The van der Waals surface area contributed by atoms with E-state index >= 15 is 0 Å². The minimum Gasteiger partial charge on any atom is -0.475 e. The lowest BCUT2D eigenvalue weighted by Gasteiger charge is -1.97. The van der Waals surface area contributed by atoms with E-state index in [1.807, 2.05) is 0 Å². The summed E-state index contributed by atoms with van der Waals surface area (Å²) in [5.41, 5.74) is 5.26. The molecule has 1 atom stereocenters. The number of carboxylic acid groups (broad SMARTS) is 1. The van der Waals surface area contributed by atoms with E-state index in [0.29, 0.717) is 6.54 Å². The van der Waals surface area contributed by atoms with Crippen molar-refractivity contribution >= 4 is 11.9 Å². The maximum absolute atomic E-state index is 10.6. The summed E-state index contributed by atoms with van der Waals surface area (Å²) in [6, 6.07) is 0. The zero-order chi connectivity index (χ0) is 12.1. The van der Waals surface area contributed by atoms with E-state index in [4.69, 9.17) is 15.6 Å². The van der Waals surface area contributed by atoms with Gasteiger partial charge in [-0.05, 0) is 6.42 Å². The van der Waals surface area contributed by atoms with Crippen molar-refractivity contribution < 1.29 is 27.9 Å². The lowest BCUT2D eigenvalue weighted by molar-refractivity contribution is -0.192. The second kappa shape index (κ2) is 5.54. The number of carboxylic acids is 1. The van der Waals surface area contributed by atoms with Crippen molar-refractivity contribution in [1.29, 1.82) is 0 Å². The van der Waals surface area contributed by atoms with Gasteiger partial charge in [-0.1, -0.05) is 0 Å². The highest BCUT2D eigenvalue weighted by Crippen LogP contribution is 2.13. The van der Waals surface area contributed by atoms with Crippen LogP contribution in [0.5, 0.6) is 0 Å². The summed E-state index contributed by atoms with van der Waals surface area (Å²) < 4.78 is 31.7. The van der Waals surface area contributed by atoms with E-state index in [-0.39, 0.29) is 11.8 Å². The summed E-state index contributed by atoms with van der Waals surface area (Å²) in [6.07, 6.45) is -4.17. The normalized spacial score (nSPS) is 20.3. The Morgan fingerprint density at radius 2 is 2.07 bits per heavy atom. The average molecular weight is 228 g/mol. The maximum Gasteiger partial charge on any atom is 0.490 e. The van der Waals surface area contributed by atoms with Gasteiger partial charge in [0.25, 0.3) is 0 Å². The maximum atomic E-state index is 10.6. The fraction of sp³-hybridized carbons (Fsp3) is 0.714. The second-order valence-electron chi connectivity index (χ2n) is 2.82. The number of aliphatic carboxylic acids is 1. The summed E-state index contributed by atoms with van der Waals surface area (Å²) in [6.45, 7) is 1.30. The van der Waals surface area contributed by atoms with Crippen molar-refractivity contribution in [2.24, 2.45) is 11.7 Å². The Morgan fingerprint density at radius 3 is 2.20 bits per heavy atom. The SMILES string of the molecule is NCC1CCNC1=O.O=C(O)C(F)(F)F. The van der Waals surface area contributed by atoms with Gasteiger partial charge in [-0.15, -0.1) is 0 Å². The van der Waals surface area contributed by atoms with Gasteiger partial charge in [-0.3, -0.25) is 4.79 Å². The summed E-state index contributed by atoms with van der Waals surface area (Å²) in [5, 5.41) is 9.83. The number of carbonyl (C=O) groups is 2. The third-order valence-electron chi connectivity index (χ3n) is 1.69. The van der Waals surface area contributed by atoms with Crippen LogP contribution in [0, 0.1) is 5.92 Å². The number of nitrogens with one attached hydrogen (secondary N) is 1. The predicted molar refractivity (Wildman–Crippen MR) is 43.9 cm³/mol. The van der Waals surface area contributed by atoms with Crippen LogP contribution in [0.1, 0.15) is 6.42 Å². The van der Waals surface area contributed by atoms with Crippen LogP contribution >= 0.6 is 0 Å². The van der Waals surface area contributed by atoms with Crippen LogP contribution in [0.25, 0.3) is 0 Å². The van der Waals surface area contributed by atoms with Gasteiger partial charge in [-0.2, -0.15) is 13.2 Å². The number of halogens is 3. The number of amides is 1. The Bertz CT molecular complexity index is 242. The first kappa shape index (κ1) is 13.7. The van der Waals surface area contributed by atoms with Gasteiger partial charge < -0.3 is 16.2 Å². The molecule has 0 spiro atoms. The van der Waals surface area contributed by atoms with Gasteiger partial charge in [0.1, 0.15) is 0 Å². The second-order valence-corrected chi connectivity index (χ2v) is 2.82. The molecule has 0 aromatic heterocycles. The molecule has 1 aliphatic heterocycles. The molecule has 15 heavy (non-hydrogen) atoms. The fourth-order valence-electron chi connectivity index (χ4n) is 0.870. The number of hydrogen-bond acceptors (Lipinski definition) is 3. The van der Waals surface area contributed by atoms with Crippen molar-refractivity contribution in [1.82, 2.24) is 5.32 Å².